The van der Waals surface area contributed by atoms with Gasteiger partial charge in [0, 0.05) is 40.1 Å². The van der Waals surface area contributed by atoms with Crippen molar-refractivity contribution < 1.29 is 18.6 Å². The van der Waals surface area contributed by atoms with Crippen molar-refractivity contribution in [1.82, 2.24) is 4.67 Å². The standard InChI is InChI=1S/C17H23Br2N2O4P/c1-23-16-11-13(17(24-2)15-6-4-3-5-14(15)16)12-25-26(20,22)21(9-7-18)10-8-19/h3-6,11H,7-10,12H2,1-2H3,(H2,20,22). The Morgan fingerprint density at radius 1 is 1.08 bits per heavy atom. The number of halogens is 2. The molecule has 0 saturated carbocycles. The first-order valence-electron chi connectivity index (χ1n) is 8.01. The number of alkyl halides is 2. The van der Waals surface area contributed by atoms with Crippen molar-refractivity contribution in [2.24, 2.45) is 5.50 Å². The third kappa shape index (κ3) is 5.00. The van der Waals surface area contributed by atoms with Crippen molar-refractivity contribution in [3.8, 4) is 11.5 Å². The summed E-state index contributed by atoms with van der Waals surface area (Å²) >= 11 is 6.70. The zero-order valence-corrected chi connectivity index (χ0v) is 18.8. The van der Waals surface area contributed by atoms with Gasteiger partial charge in [-0.3, -0.25) is 4.57 Å². The SMILES string of the molecule is COc1cc(COP(N)(=O)N(CCBr)CCBr)c(OC)c2ccccc12. The van der Waals surface area contributed by atoms with Crippen molar-refractivity contribution in [2.45, 2.75) is 6.61 Å². The van der Waals surface area contributed by atoms with Crippen molar-refractivity contribution in [3.63, 3.8) is 0 Å². The third-order valence-corrected chi connectivity index (χ3v) is 6.34. The maximum atomic E-state index is 12.9. The Hall–Kier alpha value is -0.630. The van der Waals surface area contributed by atoms with Crippen LogP contribution in [0.2, 0.25) is 0 Å². The van der Waals surface area contributed by atoms with E-state index >= 15 is 0 Å². The van der Waals surface area contributed by atoms with Gasteiger partial charge in [-0.25, -0.2) is 10.2 Å². The van der Waals surface area contributed by atoms with E-state index in [0.717, 1.165) is 16.3 Å². The van der Waals surface area contributed by atoms with E-state index in [0.29, 0.717) is 35.2 Å². The van der Waals surface area contributed by atoms with Gasteiger partial charge >= 0.3 is 7.67 Å². The number of methoxy groups -OCH3 is 2. The van der Waals surface area contributed by atoms with E-state index in [-0.39, 0.29) is 6.61 Å². The molecule has 9 heteroatoms. The molecule has 26 heavy (non-hydrogen) atoms. The zero-order valence-electron chi connectivity index (χ0n) is 14.8. The van der Waals surface area contributed by atoms with E-state index in [1.165, 1.54) is 0 Å². The fourth-order valence-corrected chi connectivity index (χ4v) is 5.37. The maximum absolute atomic E-state index is 12.9. The van der Waals surface area contributed by atoms with E-state index in [2.05, 4.69) is 31.9 Å². The Morgan fingerprint density at radius 2 is 1.69 bits per heavy atom. The Kier molecular flexibility index (Phi) is 8.39. The Balaban J connectivity index is 2.34. The lowest BCUT2D eigenvalue weighted by molar-refractivity contribution is 0.253. The van der Waals surface area contributed by atoms with Crippen LogP contribution in [-0.4, -0.2) is 42.6 Å². The van der Waals surface area contributed by atoms with Gasteiger partial charge < -0.3 is 14.0 Å². The topological polar surface area (TPSA) is 74.0 Å². The van der Waals surface area contributed by atoms with E-state index in [1.807, 2.05) is 30.3 Å². The molecule has 0 amide bonds. The van der Waals surface area contributed by atoms with Crippen LogP contribution in [0.15, 0.2) is 30.3 Å². The van der Waals surface area contributed by atoms with Crippen LogP contribution in [0.4, 0.5) is 0 Å². The largest absolute Gasteiger partial charge is 0.496 e. The van der Waals surface area contributed by atoms with Gasteiger partial charge in [0.2, 0.25) is 0 Å². The van der Waals surface area contributed by atoms with Crippen LogP contribution in [0, 0.1) is 0 Å². The van der Waals surface area contributed by atoms with Gasteiger partial charge in [-0.05, 0) is 6.07 Å². The summed E-state index contributed by atoms with van der Waals surface area (Å²) in [7, 11) is -0.228. The number of rotatable bonds is 10. The molecule has 2 aromatic carbocycles. The van der Waals surface area contributed by atoms with Gasteiger partial charge in [-0.2, -0.15) is 0 Å². The van der Waals surface area contributed by atoms with Crippen LogP contribution in [0.25, 0.3) is 10.8 Å². The second kappa shape index (κ2) is 10.1. The van der Waals surface area contributed by atoms with Crippen LogP contribution in [0.5, 0.6) is 11.5 Å². The second-order valence-corrected chi connectivity index (χ2v) is 9.02. The van der Waals surface area contributed by atoms with Gasteiger partial charge in [0.25, 0.3) is 0 Å². The molecule has 0 heterocycles. The fourth-order valence-electron chi connectivity index (χ4n) is 2.72. The van der Waals surface area contributed by atoms with Gasteiger partial charge in [0.1, 0.15) is 11.5 Å². The van der Waals surface area contributed by atoms with Crippen LogP contribution in [0.3, 0.4) is 0 Å². The molecule has 2 N–H and O–H groups in total. The molecule has 0 saturated heterocycles. The maximum Gasteiger partial charge on any atom is 0.341 e. The number of nitrogens with zero attached hydrogens (tertiary/aromatic N) is 1. The molecule has 144 valence electrons. The number of ether oxygens (including phenoxy) is 2. The highest BCUT2D eigenvalue weighted by Crippen LogP contribution is 2.45. The van der Waals surface area contributed by atoms with Gasteiger partial charge in [-0.1, -0.05) is 56.1 Å². The predicted octanol–water partition coefficient (Wildman–Crippen LogP) is 4.53. The van der Waals surface area contributed by atoms with E-state index in [4.69, 9.17) is 19.5 Å². The monoisotopic (exact) mass is 508 g/mol. The van der Waals surface area contributed by atoms with E-state index in [9.17, 15) is 4.57 Å². The Morgan fingerprint density at radius 3 is 2.23 bits per heavy atom. The fraction of sp³-hybridized carbons (Fsp3) is 0.412. The quantitative estimate of drug-likeness (QED) is 0.374. The average Bonchev–Trinajstić information content (AvgIpc) is 2.65. The summed E-state index contributed by atoms with van der Waals surface area (Å²) in [5.41, 5.74) is 6.73. The van der Waals surface area contributed by atoms with Crippen molar-refractivity contribution in [3.05, 3.63) is 35.9 Å². The minimum absolute atomic E-state index is 0.0548. The molecule has 0 spiro atoms. The first kappa shape index (κ1) is 21.7. The normalized spacial score (nSPS) is 13.8. The Labute approximate surface area is 170 Å². The second-order valence-electron chi connectivity index (χ2n) is 5.49. The summed E-state index contributed by atoms with van der Waals surface area (Å²) < 4.78 is 31.2. The number of fused-ring (bicyclic) bond motifs is 1. The highest BCUT2D eigenvalue weighted by atomic mass is 79.9. The molecule has 1 unspecified atom stereocenters. The van der Waals surface area contributed by atoms with Gasteiger partial charge in [0.15, 0.2) is 0 Å². The predicted molar refractivity (Wildman–Crippen MR) is 113 cm³/mol. The summed E-state index contributed by atoms with van der Waals surface area (Å²) in [6.07, 6.45) is 0. The molecule has 2 aromatic rings. The smallest absolute Gasteiger partial charge is 0.341 e. The summed E-state index contributed by atoms with van der Waals surface area (Å²) in [5, 5.41) is 3.14. The van der Waals surface area contributed by atoms with Crippen molar-refractivity contribution in [2.75, 3.05) is 38.0 Å². The van der Waals surface area contributed by atoms with E-state index < -0.39 is 7.67 Å². The molecule has 0 aliphatic rings. The molecule has 0 fully saturated rings. The molecule has 2 rings (SSSR count). The van der Waals surface area contributed by atoms with Crippen molar-refractivity contribution in [1.29, 1.82) is 0 Å². The van der Waals surface area contributed by atoms with Crippen LogP contribution in [0.1, 0.15) is 5.56 Å². The van der Waals surface area contributed by atoms with Crippen LogP contribution >= 0.6 is 39.5 Å². The molecule has 1 atom stereocenters. The summed E-state index contributed by atoms with van der Waals surface area (Å²) in [6.45, 7) is 1.11. The van der Waals surface area contributed by atoms with E-state index in [1.54, 1.807) is 18.9 Å². The third-order valence-electron chi connectivity index (χ3n) is 3.94. The van der Waals surface area contributed by atoms with Gasteiger partial charge in [0.05, 0.1) is 20.8 Å². The molecule has 0 aliphatic heterocycles. The lowest BCUT2D eigenvalue weighted by Crippen LogP contribution is -2.29. The summed E-state index contributed by atoms with van der Waals surface area (Å²) in [5.74, 6) is 1.36. The molecule has 0 radical (unpaired) electrons. The molecule has 0 aromatic heterocycles. The number of benzene rings is 2. The van der Waals surface area contributed by atoms with Crippen LogP contribution < -0.4 is 15.0 Å². The average molecular weight is 510 g/mol. The molecular weight excluding hydrogens is 487 g/mol. The molecular formula is C17H23Br2N2O4P. The lowest BCUT2D eigenvalue weighted by atomic mass is 10.0. The number of hydrogen-bond donors (Lipinski definition) is 1. The van der Waals surface area contributed by atoms with Crippen molar-refractivity contribution >= 4 is 50.3 Å². The van der Waals surface area contributed by atoms with Crippen LogP contribution in [-0.2, 0) is 15.7 Å². The minimum atomic E-state index is -3.44. The highest BCUT2D eigenvalue weighted by Gasteiger charge is 2.27. The first-order chi connectivity index (χ1) is 12.5. The lowest BCUT2D eigenvalue weighted by Gasteiger charge is -2.27. The summed E-state index contributed by atoms with van der Waals surface area (Å²) in [6, 6.07) is 9.61. The molecule has 0 bridgehead atoms. The number of nitrogens with two attached hydrogens (primary N) is 1. The Bertz CT molecular complexity index is 785. The summed E-state index contributed by atoms with van der Waals surface area (Å²) in [4.78, 5) is 0. The minimum Gasteiger partial charge on any atom is -0.496 e. The van der Waals surface area contributed by atoms with Gasteiger partial charge in [-0.15, -0.1) is 0 Å². The molecule has 6 nitrogen and oxygen atoms in total. The number of hydrogen-bond acceptors (Lipinski definition) is 4. The zero-order chi connectivity index (χ0) is 19.2. The molecule has 0 aliphatic carbocycles. The first-order valence-corrected chi connectivity index (χ1v) is 11.9. The highest BCUT2D eigenvalue weighted by molar-refractivity contribution is 9.09.